The van der Waals surface area contributed by atoms with Gasteiger partial charge in [0, 0.05) is 23.1 Å². The van der Waals surface area contributed by atoms with Gasteiger partial charge >= 0.3 is 0 Å². The Morgan fingerprint density at radius 1 is 1.50 bits per heavy atom. The van der Waals surface area contributed by atoms with Crippen LogP contribution in [0.2, 0.25) is 0 Å². The summed E-state index contributed by atoms with van der Waals surface area (Å²) in [5.74, 6) is 0. The van der Waals surface area contributed by atoms with Crippen LogP contribution in [0.3, 0.4) is 0 Å². The number of aliphatic hydroxyl groups is 1. The predicted molar refractivity (Wildman–Crippen MR) is 43.2 cm³/mol. The molecule has 0 aliphatic rings. The molecule has 1 aromatic heterocycles. The molecule has 0 spiro atoms. The van der Waals surface area contributed by atoms with Crippen molar-refractivity contribution in [1.82, 2.24) is 4.98 Å². The van der Waals surface area contributed by atoms with E-state index in [9.17, 15) is 8.42 Å². The molecule has 1 aromatic rings. The zero-order valence-electron chi connectivity index (χ0n) is 5.94. The number of aliphatic hydroxyl groups excluding tert-OH is 1. The zero-order valence-corrected chi connectivity index (χ0v) is 7.51. The average molecular weight is 208 g/mol. The summed E-state index contributed by atoms with van der Waals surface area (Å²) in [6.07, 6.45) is 2.49. The molecule has 6 heteroatoms. The van der Waals surface area contributed by atoms with Gasteiger partial charge in [0.2, 0.25) is 0 Å². The van der Waals surface area contributed by atoms with Gasteiger partial charge in [-0.2, -0.15) is 0 Å². The molecule has 1 heterocycles. The fourth-order valence-corrected chi connectivity index (χ4v) is 1.42. The first-order valence-corrected chi connectivity index (χ1v) is 5.34. The molecule has 0 amide bonds. The second kappa shape index (κ2) is 3.38. The number of nitrogens with zero attached hydrogens (tertiary/aromatic N) is 1. The second-order valence-corrected chi connectivity index (χ2v) is 4.69. The molecule has 0 saturated carbocycles. The first kappa shape index (κ1) is 9.44. The highest BCUT2D eigenvalue weighted by atomic mass is 35.7. The van der Waals surface area contributed by atoms with Crippen LogP contribution in [0.25, 0.3) is 0 Å². The lowest BCUT2D eigenvalue weighted by atomic mass is 10.3. The quantitative estimate of drug-likeness (QED) is 0.718. The van der Waals surface area contributed by atoms with Crippen molar-refractivity contribution < 1.29 is 13.5 Å². The Hall–Kier alpha value is -0.650. The van der Waals surface area contributed by atoms with Gasteiger partial charge in [-0.3, -0.25) is 4.98 Å². The van der Waals surface area contributed by atoms with Crippen LogP contribution >= 0.6 is 10.7 Å². The highest BCUT2D eigenvalue weighted by Gasteiger charge is 2.10. The SMILES string of the molecule is O=S(=O)(Cl)c1cncc(CO)c1. The maximum atomic E-state index is 10.7. The molecule has 0 radical (unpaired) electrons. The lowest BCUT2D eigenvalue weighted by Crippen LogP contribution is -1.94. The molecular formula is C6H6ClNO3S. The maximum absolute atomic E-state index is 10.7. The molecule has 1 rings (SSSR count). The fourth-order valence-electron chi connectivity index (χ4n) is 0.684. The number of hydrogen-bond acceptors (Lipinski definition) is 4. The van der Waals surface area contributed by atoms with Crippen LogP contribution < -0.4 is 0 Å². The first-order chi connectivity index (χ1) is 5.54. The topological polar surface area (TPSA) is 67.3 Å². The van der Waals surface area contributed by atoms with Gasteiger partial charge in [0.25, 0.3) is 9.05 Å². The van der Waals surface area contributed by atoms with E-state index in [1.54, 1.807) is 0 Å². The van der Waals surface area contributed by atoms with Crippen molar-refractivity contribution in [3.05, 3.63) is 24.0 Å². The molecule has 1 N–H and O–H groups in total. The Kier molecular flexibility index (Phi) is 2.66. The summed E-state index contributed by atoms with van der Waals surface area (Å²) < 4.78 is 21.5. The van der Waals surface area contributed by atoms with Crippen LogP contribution in [0, 0.1) is 0 Å². The summed E-state index contributed by atoms with van der Waals surface area (Å²) in [7, 11) is 1.30. The standard InChI is InChI=1S/C6H6ClNO3S/c7-12(10,11)6-1-5(4-9)2-8-3-6/h1-3,9H,4H2. The van der Waals surface area contributed by atoms with E-state index >= 15 is 0 Å². The normalized spacial score (nSPS) is 11.5. The molecule has 0 saturated heterocycles. The van der Waals surface area contributed by atoms with Gasteiger partial charge in [-0.15, -0.1) is 0 Å². The molecule has 0 unspecified atom stereocenters. The number of pyridine rings is 1. The van der Waals surface area contributed by atoms with E-state index in [1.807, 2.05) is 0 Å². The number of rotatable bonds is 2. The summed E-state index contributed by atoms with van der Waals surface area (Å²) in [5.41, 5.74) is 0.414. The molecule has 12 heavy (non-hydrogen) atoms. The molecule has 0 fully saturated rings. The largest absolute Gasteiger partial charge is 0.392 e. The Morgan fingerprint density at radius 2 is 2.17 bits per heavy atom. The van der Waals surface area contributed by atoms with Crippen molar-refractivity contribution in [3.63, 3.8) is 0 Å². The molecule has 0 aromatic carbocycles. The lowest BCUT2D eigenvalue weighted by molar-refractivity contribution is 0.281. The second-order valence-electron chi connectivity index (χ2n) is 2.12. The minimum absolute atomic E-state index is 0.101. The Balaban J connectivity index is 3.20. The van der Waals surface area contributed by atoms with Crippen molar-refractivity contribution >= 4 is 19.7 Å². The minimum Gasteiger partial charge on any atom is -0.392 e. The van der Waals surface area contributed by atoms with Gasteiger partial charge in [0.15, 0.2) is 0 Å². The van der Waals surface area contributed by atoms with E-state index in [4.69, 9.17) is 15.8 Å². The van der Waals surface area contributed by atoms with Gasteiger partial charge < -0.3 is 5.11 Å². The van der Waals surface area contributed by atoms with Crippen LogP contribution in [0.1, 0.15) is 5.56 Å². The van der Waals surface area contributed by atoms with Crippen LogP contribution in [-0.4, -0.2) is 18.5 Å². The van der Waals surface area contributed by atoms with E-state index < -0.39 is 9.05 Å². The Bertz CT molecular complexity index is 376. The summed E-state index contributed by atoms with van der Waals surface area (Å²) in [5, 5.41) is 8.65. The van der Waals surface area contributed by atoms with Crippen molar-refractivity contribution in [1.29, 1.82) is 0 Å². The van der Waals surface area contributed by atoms with Crippen molar-refractivity contribution in [2.24, 2.45) is 0 Å². The molecule has 66 valence electrons. The van der Waals surface area contributed by atoms with E-state index in [2.05, 4.69) is 4.98 Å². The highest BCUT2D eigenvalue weighted by molar-refractivity contribution is 8.13. The van der Waals surface area contributed by atoms with Crippen LogP contribution in [0.15, 0.2) is 23.4 Å². The number of aromatic nitrogens is 1. The molecule has 0 aliphatic heterocycles. The van der Waals surface area contributed by atoms with Gasteiger partial charge in [-0.1, -0.05) is 0 Å². The first-order valence-electron chi connectivity index (χ1n) is 3.03. The van der Waals surface area contributed by atoms with E-state index in [1.165, 1.54) is 12.3 Å². The van der Waals surface area contributed by atoms with Crippen molar-refractivity contribution in [3.8, 4) is 0 Å². The number of halogens is 1. The third kappa shape index (κ3) is 2.17. The van der Waals surface area contributed by atoms with Crippen molar-refractivity contribution in [2.75, 3.05) is 0 Å². The monoisotopic (exact) mass is 207 g/mol. The maximum Gasteiger partial charge on any atom is 0.262 e. The molecular weight excluding hydrogens is 202 g/mol. The van der Waals surface area contributed by atoms with Gasteiger partial charge in [0.1, 0.15) is 4.90 Å². The summed E-state index contributed by atoms with van der Waals surface area (Å²) in [4.78, 5) is 3.50. The molecule has 4 nitrogen and oxygen atoms in total. The third-order valence-corrected chi connectivity index (χ3v) is 2.55. The molecule has 0 aliphatic carbocycles. The van der Waals surface area contributed by atoms with E-state index in [0.717, 1.165) is 6.20 Å². The van der Waals surface area contributed by atoms with E-state index in [-0.39, 0.29) is 11.5 Å². The van der Waals surface area contributed by atoms with Crippen LogP contribution in [0.4, 0.5) is 0 Å². The lowest BCUT2D eigenvalue weighted by Gasteiger charge is -1.97. The smallest absolute Gasteiger partial charge is 0.262 e. The third-order valence-electron chi connectivity index (χ3n) is 1.23. The zero-order chi connectivity index (χ0) is 9.19. The van der Waals surface area contributed by atoms with Gasteiger partial charge in [-0.05, 0) is 11.6 Å². The summed E-state index contributed by atoms with van der Waals surface area (Å²) in [6.45, 7) is -0.257. The van der Waals surface area contributed by atoms with Crippen LogP contribution in [0.5, 0.6) is 0 Å². The minimum atomic E-state index is -3.74. The summed E-state index contributed by atoms with van der Waals surface area (Å²) >= 11 is 0. The fraction of sp³-hybridized carbons (Fsp3) is 0.167. The Morgan fingerprint density at radius 3 is 2.67 bits per heavy atom. The summed E-state index contributed by atoms with van der Waals surface area (Å²) in [6, 6.07) is 1.27. The molecule has 0 atom stereocenters. The Labute approximate surface area is 74.2 Å². The highest BCUT2D eigenvalue weighted by Crippen LogP contribution is 2.14. The average Bonchev–Trinajstić information content (AvgIpc) is 2.03. The van der Waals surface area contributed by atoms with Crippen LogP contribution in [-0.2, 0) is 15.7 Å². The van der Waals surface area contributed by atoms with E-state index in [0.29, 0.717) is 5.56 Å². The van der Waals surface area contributed by atoms with Gasteiger partial charge in [0.05, 0.1) is 6.61 Å². The number of hydrogen-bond donors (Lipinski definition) is 1. The van der Waals surface area contributed by atoms with Crippen molar-refractivity contribution in [2.45, 2.75) is 11.5 Å². The van der Waals surface area contributed by atoms with Gasteiger partial charge in [-0.25, -0.2) is 8.42 Å². The molecule has 0 bridgehead atoms. The predicted octanol–water partition coefficient (Wildman–Crippen LogP) is 0.501.